The lowest BCUT2D eigenvalue weighted by atomic mass is 10.0. The summed E-state index contributed by atoms with van der Waals surface area (Å²) in [6, 6.07) is 5.45. The molecule has 0 saturated carbocycles. The molecule has 0 aliphatic carbocycles. The van der Waals surface area contributed by atoms with E-state index >= 15 is 0 Å². The molecule has 0 fully saturated rings. The fourth-order valence-corrected chi connectivity index (χ4v) is 4.00. The van der Waals surface area contributed by atoms with Gasteiger partial charge in [-0.05, 0) is 41.8 Å². The number of aliphatic hydroxyl groups excluding tert-OH is 2. The van der Waals surface area contributed by atoms with Gasteiger partial charge in [-0.3, -0.25) is 14.6 Å². The molecule has 9 nitrogen and oxygen atoms in total. The second-order valence-electron chi connectivity index (χ2n) is 7.73. The summed E-state index contributed by atoms with van der Waals surface area (Å²) in [5.41, 5.74) is 5.03. The summed E-state index contributed by atoms with van der Waals surface area (Å²) in [5, 5.41) is 16.9. The minimum absolute atomic E-state index is 0. The van der Waals surface area contributed by atoms with E-state index in [1.165, 1.54) is 38.7 Å². The molecule has 0 radical (unpaired) electrons. The van der Waals surface area contributed by atoms with Gasteiger partial charge in [-0.15, -0.1) is 0 Å². The molecule has 1 aromatic carbocycles. The Morgan fingerprint density at radius 3 is 2.32 bits per heavy atom. The second kappa shape index (κ2) is 10.7. The molecule has 184 valence electrons. The number of nitrogens with two attached hydrogens (primary N) is 1. The highest BCUT2D eigenvalue weighted by molar-refractivity contribution is 5.76. The van der Waals surface area contributed by atoms with Gasteiger partial charge in [0.15, 0.2) is 0 Å². The van der Waals surface area contributed by atoms with Gasteiger partial charge in [-0.25, -0.2) is 18.1 Å². The molecular weight excluding hydrogens is 448 g/mol. The van der Waals surface area contributed by atoms with Crippen molar-refractivity contribution < 1.29 is 20.4 Å². The van der Waals surface area contributed by atoms with Crippen LogP contribution in [0.1, 0.15) is 13.4 Å². The van der Waals surface area contributed by atoms with Crippen LogP contribution in [0.5, 0.6) is 0 Å². The van der Waals surface area contributed by atoms with Crippen LogP contribution in [0.4, 0.5) is 14.5 Å². The third-order valence-electron chi connectivity index (χ3n) is 5.66. The molecule has 3 heterocycles. The monoisotopic (exact) mass is 477 g/mol. The highest BCUT2D eigenvalue weighted by Gasteiger charge is 2.24. The van der Waals surface area contributed by atoms with Crippen LogP contribution in [0, 0.1) is 11.6 Å². The van der Waals surface area contributed by atoms with Crippen molar-refractivity contribution in [2.45, 2.75) is 25.6 Å². The van der Waals surface area contributed by atoms with Crippen LogP contribution < -0.4 is 21.8 Å². The zero-order valence-electron chi connectivity index (χ0n) is 18.7. The van der Waals surface area contributed by atoms with E-state index in [2.05, 4.69) is 11.6 Å². The van der Waals surface area contributed by atoms with E-state index in [0.717, 1.165) is 7.11 Å². The largest absolute Gasteiger partial charge is 0.400 e. The Balaban J connectivity index is 0.00000140. The summed E-state index contributed by atoms with van der Waals surface area (Å²) in [4.78, 5) is 31.2. The molecule has 1 atom stereocenters. The van der Waals surface area contributed by atoms with Crippen molar-refractivity contribution >= 4 is 22.2 Å². The molecule has 0 spiro atoms. The maximum absolute atomic E-state index is 15.0. The standard InChI is InChI=1S/C22H23F2N5O3.CH4O.H2/c1-13(9-15(30)12-25)14-10-17(23)20(18(24)11-14)27-5-7-28-21(31)16-3-2-4-26-19(16)22(32)29(28)8-6-27;1-2;/h2-4,10-11,15,30H,1,5-9,12,25H2;2H,1H3;1H/t15-;;/m1../s1. The molecule has 4 N–H and O–H groups in total. The van der Waals surface area contributed by atoms with Gasteiger partial charge in [0.1, 0.15) is 22.8 Å². The Bertz CT molecular complexity index is 1240. The van der Waals surface area contributed by atoms with Gasteiger partial charge < -0.3 is 20.8 Å². The average molecular weight is 478 g/mol. The van der Waals surface area contributed by atoms with Gasteiger partial charge in [-0.2, -0.15) is 0 Å². The Labute approximate surface area is 195 Å². The first-order valence-electron chi connectivity index (χ1n) is 10.7. The van der Waals surface area contributed by atoms with Crippen LogP contribution >= 0.6 is 0 Å². The number of halogens is 2. The Hall–Kier alpha value is -3.41. The number of benzene rings is 1. The van der Waals surface area contributed by atoms with Crippen LogP contribution in [0.25, 0.3) is 16.5 Å². The normalized spacial score (nSPS) is 14.1. The Morgan fingerprint density at radius 2 is 1.74 bits per heavy atom. The van der Waals surface area contributed by atoms with E-state index < -0.39 is 23.3 Å². The number of hydrogen-bond donors (Lipinski definition) is 3. The second-order valence-corrected chi connectivity index (χ2v) is 7.73. The summed E-state index contributed by atoms with van der Waals surface area (Å²) in [6.07, 6.45) is 0.691. The Kier molecular flexibility index (Phi) is 7.92. The van der Waals surface area contributed by atoms with Crippen molar-refractivity contribution in [1.82, 2.24) is 14.3 Å². The van der Waals surface area contributed by atoms with Crippen LogP contribution in [0.3, 0.4) is 0 Å². The van der Waals surface area contributed by atoms with Gasteiger partial charge in [0.2, 0.25) is 0 Å². The number of aliphatic hydroxyl groups is 2. The molecule has 1 aliphatic rings. The summed E-state index contributed by atoms with van der Waals surface area (Å²) < 4.78 is 32.5. The first-order chi connectivity index (χ1) is 16.3. The quantitative estimate of drug-likeness (QED) is 0.499. The van der Waals surface area contributed by atoms with Crippen LogP contribution in [-0.2, 0) is 13.1 Å². The van der Waals surface area contributed by atoms with Crippen LogP contribution in [-0.4, -0.2) is 57.4 Å². The minimum atomic E-state index is -0.848. The summed E-state index contributed by atoms with van der Waals surface area (Å²) >= 11 is 0. The highest BCUT2D eigenvalue weighted by Crippen LogP contribution is 2.29. The predicted molar refractivity (Wildman–Crippen MR) is 128 cm³/mol. The molecule has 0 bridgehead atoms. The third-order valence-corrected chi connectivity index (χ3v) is 5.66. The first-order valence-corrected chi connectivity index (χ1v) is 10.7. The first kappa shape index (κ1) is 25.2. The molecule has 1 aliphatic heterocycles. The molecule has 0 saturated heterocycles. The fourth-order valence-electron chi connectivity index (χ4n) is 4.00. The molecule has 11 heteroatoms. The number of fused-ring (bicyclic) bond motifs is 2. The molecule has 0 amide bonds. The van der Waals surface area contributed by atoms with Crippen LogP contribution in [0.15, 0.2) is 46.6 Å². The molecule has 34 heavy (non-hydrogen) atoms. The van der Waals surface area contributed by atoms with Gasteiger partial charge in [0.05, 0.1) is 24.6 Å². The number of hydrogen-bond acceptors (Lipinski definition) is 7. The zero-order chi connectivity index (χ0) is 25.0. The number of nitrogens with zero attached hydrogens (tertiary/aromatic N) is 4. The SMILES string of the molecule is C=C(C[C@@H](O)CN)c1cc(F)c(N2CCn3c(=O)c4cccnc4c(=O)n3CC2)c(F)c1.CO.[HH]. The van der Waals surface area contributed by atoms with Gasteiger partial charge in [0, 0.05) is 34.4 Å². The smallest absolute Gasteiger partial charge is 0.291 e. The van der Waals surface area contributed by atoms with Crippen molar-refractivity contribution in [3.63, 3.8) is 0 Å². The molecule has 4 rings (SSSR count). The summed E-state index contributed by atoms with van der Waals surface area (Å²) in [7, 11) is 1.00. The van der Waals surface area contributed by atoms with Crippen LogP contribution in [0.2, 0.25) is 0 Å². The molecular formula is C23H29F2N5O4. The van der Waals surface area contributed by atoms with E-state index in [1.54, 1.807) is 6.07 Å². The number of rotatable bonds is 5. The third kappa shape index (κ3) is 4.76. The van der Waals surface area contributed by atoms with Crippen molar-refractivity contribution in [2.75, 3.05) is 31.6 Å². The molecule has 2 aromatic heterocycles. The number of aromatic nitrogens is 3. The number of anilines is 1. The van der Waals surface area contributed by atoms with E-state index in [9.17, 15) is 23.5 Å². The molecule has 0 unspecified atom stereocenters. The van der Waals surface area contributed by atoms with E-state index in [-0.39, 0.29) is 68.3 Å². The molecule has 3 aromatic rings. The summed E-state index contributed by atoms with van der Waals surface area (Å²) in [6.45, 7) is 4.19. The lowest BCUT2D eigenvalue weighted by Crippen LogP contribution is -2.39. The van der Waals surface area contributed by atoms with Gasteiger partial charge in [-0.1, -0.05) is 6.58 Å². The van der Waals surface area contributed by atoms with E-state index in [4.69, 9.17) is 10.8 Å². The van der Waals surface area contributed by atoms with E-state index in [1.807, 2.05) is 0 Å². The minimum Gasteiger partial charge on any atom is -0.400 e. The maximum Gasteiger partial charge on any atom is 0.291 e. The predicted octanol–water partition coefficient (Wildman–Crippen LogP) is 0.934. The topological polar surface area (TPSA) is 127 Å². The highest BCUT2D eigenvalue weighted by atomic mass is 19.1. The summed E-state index contributed by atoms with van der Waals surface area (Å²) in [5.74, 6) is -1.58. The lowest BCUT2D eigenvalue weighted by Gasteiger charge is -2.24. The number of pyridine rings is 1. The van der Waals surface area contributed by atoms with Gasteiger partial charge >= 0.3 is 0 Å². The van der Waals surface area contributed by atoms with Crippen molar-refractivity contribution in [3.8, 4) is 0 Å². The maximum atomic E-state index is 15.0. The van der Waals surface area contributed by atoms with Crippen molar-refractivity contribution in [1.29, 1.82) is 0 Å². The van der Waals surface area contributed by atoms with Crippen molar-refractivity contribution in [2.24, 2.45) is 5.73 Å². The van der Waals surface area contributed by atoms with Crippen molar-refractivity contribution in [3.05, 3.63) is 74.9 Å². The lowest BCUT2D eigenvalue weighted by molar-refractivity contribution is 0.189. The van der Waals surface area contributed by atoms with E-state index in [0.29, 0.717) is 5.57 Å². The fraction of sp³-hybridized carbons (Fsp3) is 0.348. The zero-order valence-corrected chi connectivity index (χ0v) is 18.7. The Morgan fingerprint density at radius 1 is 1.15 bits per heavy atom. The van der Waals surface area contributed by atoms with Gasteiger partial charge in [0.25, 0.3) is 11.1 Å². The average Bonchev–Trinajstić information content (AvgIpc) is 3.06.